The van der Waals surface area contributed by atoms with Gasteiger partial charge in [0.1, 0.15) is 5.75 Å². The molecule has 1 N–H and O–H groups in total. The highest BCUT2D eigenvalue weighted by atomic mass is 32.1. The summed E-state index contributed by atoms with van der Waals surface area (Å²) < 4.78 is 26.9. The van der Waals surface area contributed by atoms with E-state index in [4.69, 9.17) is 9.47 Å². The Morgan fingerprint density at radius 3 is 2.97 bits per heavy atom. The average molecular weight is 425 g/mol. The van der Waals surface area contributed by atoms with E-state index in [9.17, 15) is 9.18 Å². The summed E-state index contributed by atoms with van der Waals surface area (Å²) >= 11 is 1.31. The largest absolute Gasteiger partial charge is 0.453 e. The van der Waals surface area contributed by atoms with E-state index < -0.39 is 5.82 Å². The van der Waals surface area contributed by atoms with E-state index in [-0.39, 0.29) is 17.8 Å². The summed E-state index contributed by atoms with van der Waals surface area (Å²) in [6, 6.07) is 8.61. The quantitative estimate of drug-likeness (QED) is 0.506. The zero-order valence-electron chi connectivity index (χ0n) is 16.6. The van der Waals surface area contributed by atoms with Gasteiger partial charge in [0, 0.05) is 49.1 Å². The Bertz CT molecular complexity index is 1270. The highest BCUT2D eigenvalue weighted by molar-refractivity contribution is 7.21. The number of hydrogen-bond donors (Lipinski definition) is 1. The first-order valence-electron chi connectivity index (χ1n) is 9.70. The molecule has 1 aliphatic heterocycles. The fourth-order valence-electron chi connectivity index (χ4n) is 3.85. The Labute approximate surface area is 176 Å². The molecular formula is C22H20FN3O3S. The SMILES string of the molecule is COC1CCN(C(=O)c2cc3nccc(Oc4ccc5[nH]c(C)cc5c4F)c3s2)C1. The number of nitrogens with one attached hydrogen (secondary N) is 1. The van der Waals surface area contributed by atoms with Crippen molar-refractivity contribution in [1.29, 1.82) is 0 Å². The van der Waals surface area contributed by atoms with E-state index >= 15 is 0 Å². The maximum Gasteiger partial charge on any atom is 0.264 e. The third-order valence-corrected chi connectivity index (χ3v) is 6.54. The molecule has 1 saturated heterocycles. The fraction of sp³-hybridized carbons (Fsp3) is 0.273. The Kier molecular flexibility index (Phi) is 4.67. The van der Waals surface area contributed by atoms with Crippen LogP contribution in [0.1, 0.15) is 21.8 Å². The number of hydrogen-bond acceptors (Lipinski definition) is 5. The van der Waals surface area contributed by atoms with Gasteiger partial charge in [0.15, 0.2) is 11.6 Å². The van der Waals surface area contributed by atoms with Crippen molar-refractivity contribution in [3.8, 4) is 11.5 Å². The molecule has 1 aliphatic rings. The molecule has 154 valence electrons. The first-order valence-corrected chi connectivity index (χ1v) is 10.5. The van der Waals surface area contributed by atoms with Crippen LogP contribution in [0.5, 0.6) is 11.5 Å². The normalized spacial score (nSPS) is 16.6. The summed E-state index contributed by atoms with van der Waals surface area (Å²) in [6.45, 7) is 3.14. The van der Waals surface area contributed by atoms with Crippen molar-refractivity contribution in [3.05, 3.63) is 52.9 Å². The van der Waals surface area contributed by atoms with Crippen molar-refractivity contribution >= 4 is 38.4 Å². The molecule has 0 radical (unpaired) electrons. The number of aromatic amines is 1. The number of rotatable bonds is 4. The van der Waals surface area contributed by atoms with E-state index in [1.807, 2.05) is 6.92 Å². The predicted molar refractivity (Wildman–Crippen MR) is 114 cm³/mol. The fourth-order valence-corrected chi connectivity index (χ4v) is 4.88. The van der Waals surface area contributed by atoms with Crippen LogP contribution < -0.4 is 4.74 Å². The number of ether oxygens (including phenoxy) is 2. The topological polar surface area (TPSA) is 67.4 Å². The van der Waals surface area contributed by atoms with Gasteiger partial charge in [0.2, 0.25) is 0 Å². The number of amides is 1. The molecule has 0 saturated carbocycles. The van der Waals surface area contributed by atoms with Crippen molar-refractivity contribution in [2.24, 2.45) is 0 Å². The molecule has 0 bridgehead atoms. The van der Waals surface area contributed by atoms with Gasteiger partial charge in [-0.1, -0.05) is 0 Å². The number of aryl methyl sites for hydroxylation is 1. The van der Waals surface area contributed by atoms with Gasteiger partial charge in [-0.15, -0.1) is 11.3 Å². The second kappa shape index (κ2) is 7.37. The lowest BCUT2D eigenvalue weighted by molar-refractivity contribution is 0.0728. The second-order valence-corrected chi connectivity index (χ2v) is 8.48. The maximum atomic E-state index is 14.9. The lowest BCUT2D eigenvalue weighted by atomic mass is 10.2. The van der Waals surface area contributed by atoms with Gasteiger partial charge in [0.25, 0.3) is 5.91 Å². The molecule has 1 amide bonds. The number of aromatic nitrogens is 2. The van der Waals surface area contributed by atoms with E-state index in [0.717, 1.165) is 17.6 Å². The third kappa shape index (κ3) is 3.22. The predicted octanol–water partition coefficient (Wildman–Crippen LogP) is 4.88. The van der Waals surface area contributed by atoms with Crippen LogP contribution in [-0.4, -0.2) is 47.1 Å². The number of halogens is 1. The number of H-pyrrole nitrogens is 1. The molecule has 0 spiro atoms. The minimum Gasteiger partial charge on any atom is -0.453 e. The van der Waals surface area contributed by atoms with Gasteiger partial charge >= 0.3 is 0 Å². The Hall–Kier alpha value is -2.97. The first-order chi connectivity index (χ1) is 14.5. The molecule has 1 atom stereocenters. The number of carbonyl (C=O) groups excluding carboxylic acids is 1. The molecule has 0 aliphatic carbocycles. The van der Waals surface area contributed by atoms with E-state index in [0.29, 0.717) is 39.3 Å². The van der Waals surface area contributed by atoms with E-state index in [1.54, 1.807) is 48.5 Å². The Balaban J connectivity index is 1.47. The molecule has 6 nitrogen and oxygen atoms in total. The Morgan fingerprint density at radius 2 is 2.17 bits per heavy atom. The smallest absolute Gasteiger partial charge is 0.264 e. The van der Waals surface area contributed by atoms with Crippen molar-refractivity contribution in [3.63, 3.8) is 0 Å². The molecule has 3 aromatic heterocycles. The third-order valence-electron chi connectivity index (χ3n) is 5.41. The minimum atomic E-state index is -0.419. The van der Waals surface area contributed by atoms with Gasteiger partial charge in [-0.2, -0.15) is 0 Å². The van der Waals surface area contributed by atoms with Crippen molar-refractivity contribution in [1.82, 2.24) is 14.9 Å². The lowest BCUT2D eigenvalue weighted by Gasteiger charge is -2.14. The molecule has 5 rings (SSSR count). The standard InChI is InChI=1S/C22H20FN3O3S/c1-12-9-14-15(25-12)3-4-17(20(14)23)29-18-5-7-24-16-10-19(30-21(16)18)22(27)26-8-6-13(11-26)28-2/h3-5,7,9-10,13,25H,6,8,11H2,1-2H3. The number of likely N-dealkylation sites (tertiary alicyclic amines) is 1. The first kappa shape index (κ1) is 19.0. The minimum absolute atomic E-state index is 0.0427. The van der Waals surface area contributed by atoms with Crippen LogP contribution in [-0.2, 0) is 4.74 Å². The van der Waals surface area contributed by atoms with Crippen molar-refractivity contribution in [2.75, 3.05) is 20.2 Å². The summed E-state index contributed by atoms with van der Waals surface area (Å²) in [5.74, 6) is 0.153. The molecular weight excluding hydrogens is 405 g/mol. The molecule has 1 aromatic carbocycles. The van der Waals surface area contributed by atoms with Crippen molar-refractivity contribution < 1.29 is 18.7 Å². The molecule has 30 heavy (non-hydrogen) atoms. The zero-order valence-corrected chi connectivity index (χ0v) is 17.4. The second-order valence-electron chi connectivity index (χ2n) is 7.42. The summed E-state index contributed by atoms with van der Waals surface area (Å²) in [5.41, 5.74) is 2.26. The lowest BCUT2D eigenvalue weighted by Crippen LogP contribution is -2.29. The molecule has 1 fully saturated rings. The summed E-state index contributed by atoms with van der Waals surface area (Å²) in [4.78, 5) is 22.7. The van der Waals surface area contributed by atoms with E-state index in [2.05, 4.69) is 9.97 Å². The summed E-state index contributed by atoms with van der Waals surface area (Å²) in [7, 11) is 1.66. The number of methoxy groups -OCH3 is 1. The van der Waals surface area contributed by atoms with Crippen LogP contribution in [0.4, 0.5) is 4.39 Å². The molecule has 1 unspecified atom stereocenters. The molecule has 8 heteroatoms. The number of nitrogens with zero attached hydrogens (tertiary/aromatic N) is 2. The van der Waals surface area contributed by atoms with Crippen LogP contribution >= 0.6 is 11.3 Å². The number of fused-ring (bicyclic) bond motifs is 2. The summed E-state index contributed by atoms with van der Waals surface area (Å²) in [5, 5.41) is 0.485. The zero-order chi connectivity index (χ0) is 20.8. The van der Waals surface area contributed by atoms with Crippen LogP contribution in [0.2, 0.25) is 0 Å². The summed E-state index contributed by atoms with van der Waals surface area (Å²) in [6.07, 6.45) is 2.52. The number of carbonyl (C=O) groups is 1. The van der Waals surface area contributed by atoms with Crippen LogP contribution in [0.3, 0.4) is 0 Å². The number of pyridine rings is 1. The van der Waals surface area contributed by atoms with E-state index in [1.165, 1.54) is 11.3 Å². The van der Waals surface area contributed by atoms with Gasteiger partial charge in [-0.25, -0.2) is 4.39 Å². The molecule has 4 aromatic rings. The average Bonchev–Trinajstić information content (AvgIpc) is 3.47. The van der Waals surface area contributed by atoms with Gasteiger partial charge in [-0.3, -0.25) is 9.78 Å². The number of thiophene rings is 1. The van der Waals surface area contributed by atoms with Crippen LogP contribution in [0.25, 0.3) is 21.1 Å². The van der Waals surface area contributed by atoms with Crippen LogP contribution in [0, 0.1) is 12.7 Å². The number of benzene rings is 1. The highest BCUT2D eigenvalue weighted by Gasteiger charge is 2.28. The van der Waals surface area contributed by atoms with Gasteiger partial charge in [0.05, 0.1) is 21.2 Å². The van der Waals surface area contributed by atoms with Crippen molar-refractivity contribution in [2.45, 2.75) is 19.4 Å². The van der Waals surface area contributed by atoms with Crippen LogP contribution in [0.15, 0.2) is 36.5 Å². The van der Waals surface area contributed by atoms with Gasteiger partial charge in [-0.05, 0) is 37.6 Å². The Morgan fingerprint density at radius 1 is 1.30 bits per heavy atom. The highest BCUT2D eigenvalue weighted by Crippen LogP contribution is 2.37. The van der Waals surface area contributed by atoms with Gasteiger partial charge < -0.3 is 19.4 Å². The molecule has 4 heterocycles. The maximum absolute atomic E-state index is 14.9. The monoisotopic (exact) mass is 425 g/mol.